The highest BCUT2D eigenvalue weighted by atomic mass is 35.5. The van der Waals surface area contributed by atoms with Gasteiger partial charge in [0.15, 0.2) is 0 Å². The van der Waals surface area contributed by atoms with E-state index in [1.54, 1.807) is 12.1 Å². The number of aromatic nitrogens is 1. The molecule has 1 amide bonds. The first-order chi connectivity index (χ1) is 10.9. The molecule has 0 unspecified atom stereocenters. The van der Waals surface area contributed by atoms with Gasteiger partial charge in [-0.15, -0.1) is 0 Å². The van der Waals surface area contributed by atoms with Crippen LogP contribution in [0.25, 0.3) is 0 Å². The highest BCUT2D eigenvalue weighted by Gasteiger charge is 2.45. The second-order valence-electron chi connectivity index (χ2n) is 5.39. The lowest BCUT2D eigenvalue weighted by Crippen LogP contribution is -2.16. The number of carbonyl (C=O) groups is 1. The average molecular weight is 341 g/mol. The van der Waals surface area contributed by atoms with Crippen LogP contribution in [-0.4, -0.2) is 10.9 Å². The Labute approximate surface area is 135 Å². The van der Waals surface area contributed by atoms with Crippen molar-refractivity contribution in [3.8, 4) is 0 Å². The zero-order chi connectivity index (χ0) is 16.6. The molecular formula is C16H12ClF3N2O. The zero-order valence-electron chi connectivity index (χ0n) is 11.8. The Bertz CT molecular complexity index is 748. The highest BCUT2D eigenvalue weighted by molar-refractivity contribution is 6.31. The van der Waals surface area contributed by atoms with Crippen LogP contribution in [0.4, 0.5) is 19.0 Å². The molecule has 1 saturated carbocycles. The van der Waals surface area contributed by atoms with Crippen LogP contribution >= 0.6 is 11.6 Å². The third-order valence-corrected chi connectivity index (χ3v) is 4.11. The van der Waals surface area contributed by atoms with Gasteiger partial charge in [-0.05, 0) is 36.1 Å². The minimum Gasteiger partial charge on any atom is -0.310 e. The van der Waals surface area contributed by atoms with Crippen molar-refractivity contribution in [2.45, 2.75) is 18.5 Å². The lowest BCUT2D eigenvalue weighted by Gasteiger charge is -2.09. The number of nitrogens with one attached hydrogen (secondary N) is 1. The van der Waals surface area contributed by atoms with Crippen molar-refractivity contribution in [3.63, 3.8) is 0 Å². The molecule has 0 aliphatic heterocycles. The molecule has 1 heterocycles. The fourth-order valence-electron chi connectivity index (χ4n) is 2.50. The van der Waals surface area contributed by atoms with E-state index < -0.39 is 11.7 Å². The molecule has 1 aromatic carbocycles. The molecule has 0 radical (unpaired) electrons. The van der Waals surface area contributed by atoms with E-state index in [2.05, 4.69) is 10.3 Å². The minimum atomic E-state index is -4.47. The topological polar surface area (TPSA) is 42.0 Å². The van der Waals surface area contributed by atoms with Crippen LogP contribution in [0, 0.1) is 5.92 Å². The van der Waals surface area contributed by atoms with E-state index in [0.29, 0.717) is 11.4 Å². The Morgan fingerprint density at radius 3 is 2.70 bits per heavy atom. The predicted molar refractivity (Wildman–Crippen MR) is 80.2 cm³/mol. The van der Waals surface area contributed by atoms with Crippen LogP contribution in [0.2, 0.25) is 5.02 Å². The molecule has 1 aromatic heterocycles. The Morgan fingerprint density at radius 2 is 2.00 bits per heavy atom. The van der Waals surface area contributed by atoms with Gasteiger partial charge in [0.2, 0.25) is 5.91 Å². The van der Waals surface area contributed by atoms with Crippen LogP contribution in [0.3, 0.4) is 0 Å². The monoisotopic (exact) mass is 340 g/mol. The summed E-state index contributed by atoms with van der Waals surface area (Å²) >= 11 is 6.09. The van der Waals surface area contributed by atoms with E-state index in [-0.39, 0.29) is 23.6 Å². The summed E-state index contributed by atoms with van der Waals surface area (Å²) in [5.41, 5.74) is 0.0348. The van der Waals surface area contributed by atoms with E-state index in [4.69, 9.17) is 11.6 Å². The van der Waals surface area contributed by atoms with Crippen LogP contribution in [-0.2, 0) is 11.0 Å². The number of nitrogens with zero attached hydrogens (tertiary/aromatic N) is 1. The number of hydrogen-bond donors (Lipinski definition) is 1. The Hall–Kier alpha value is -2.08. The molecule has 120 valence electrons. The Kier molecular flexibility index (Phi) is 4.02. The number of amides is 1. The predicted octanol–water partition coefficient (Wildman–Crippen LogP) is 4.50. The second-order valence-corrected chi connectivity index (χ2v) is 5.79. The van der Waals surface area contributed by atoms with Crippen LogP contribution in [0.15, 0.2) is 42.6 Å². The number of pyridine rings is 1. The van der Waals surface area contributed by atoms with Gasteiger partial charge in [0.05, 0.1) is 5.56 Å². The Balaban J connectivity index is 1.69. The van der Waals surface area contributed by atoms with Gasteiger partial charge >= 0.3 is 6.18 Å². The van der Waals surface area contributed by atoms with Gasteiger partial charge in [0, 0.05) is 17.1 Å². The molecule has 3 nitrogen and oxygen atoms in total. The molecule has 0 bridgehead atoms. The molecule has 2 atom stereocenters. The quantitative estimate of drug-likeness (QED) is 0.894. The van der Waals surface area contributed by atoms with Gasteiger partial charge in [0.1, 0.15) is 5.82 Å². The van der Waals surface area contributed by atoms with E-state index in [1.165, 1.54) is 0 Å². The van der Waals surface area contributed by atoms with Crippen molar-refractivity contribution in [1.29, 1.82) is 0 Å². The maximum atomic E-state index is 12.6. The third-order valence-electron chi connectivity index (χ3n) is 3.77. The second kappa shape index (κ2) is 5.85. The fraction of sp³-hybridized carbons (Fsp3) is 0.250. The smallest absolute Gasteiger partial charge is 0.310 e. The summed E-state index contributed by atoms with van der Waals surface area (Å²) in [6.45, 7) is 0. The molecular weight excluding hydrogens is 329 g/mol. The number of hydrogen-bond acceptors (Lipinski definition) is 2. The molecule has 2 aromatic rings. The van der Waals surface area contributed by atoms with Crippen molar-refractivity contribution in [2.75, 3.05) is 5.32 Å². The maximum absolute atomic E-state index is 12.6. The summed E-state index contributed by atoms with van der Waals surface area (Å²) in [6, 6.07) is 8.92. The maximum Gasteiger partial charge on any atom is 0.416 e. The largest absolute Gasteiger partial charge is 0.416 e. The van der Waals surface area contributed by atoms with Gasteiger partial charge in [-0.1, -0.05) is 29.8 Å². The molecule has 1 N–H and O–H groups in total. The minimum absolute atomic E-state index is 0.00509. The average Bonchev–Trinajstić information content (AvgIpc) is 3.27. The summed E-state index contributed by atoms with van der Waals surface area (Å²) in [5.74, 6) is -0.753. The first-order valence-corrected chi connectivity index (χ1v) is 7.32. The van der Waals surface area contributed by atoms with Crippen LogP contribution in [0.5, 0.6) is 0 Å². The number of halogens is 4. The van der Waals surface area contributed by atoms with Gasteiger partial charge < -0.3 is 5.32 Å². The number of carbonyl (C=O) groups excluding carboxylic acids is 1. The van der Waals surface area contributed by atoms with Crippen LogP contribution < -0.4 is 5.32 Å². The molecule has 7 heteroatoms. The molecule has 1 fully saturated rings. The molecule has 1 aliphatic rings. The first-order valence-electron chi connectivity index (χ1n) is 6.95. The summed E-state index contributed by atoms with van der Waals surface area (Å²) in [4.78, 5) is 15.9. The van der Waals surface area contributed by atoms with E-state index >= 15 is 0 Å². The zero-order valence-corrected chi connectivity index (χ0v) is 12.5. The molecule has 0 saturated heterocycles. The lowest BCUT2D eigenvalue weighted by molar-refractivity contribution is -0.137. The molecule has 3 rings (SSSR count). The van der Waals surface area contributed by atoms with Gasteiger partial charge in [-0.3, -0.25) is 4.79 Å². The SMILES string of the molecule is O=C(Nc1cc(C(F)(F)F)ccn1)[C@@H]1C[C@H]1c1ccccc1Cl. The van der Waals surface area contributed by atoms with E-state index in [9.17, 15) is 18.0 Å². The van der Waals surface area contributed by atoms with Crippen molar-refractivity contribution in [3.05, 3.63) is 58.7 Å². The molecule has 23 heavy (non-hydrogen) atoms. The van der Waals surface area contributed by atoms with Crippen molar-refractivity contribution < 1.29 is 18.0 Å². The molecule has 1 aliphatic carbocycles. The number of benzene rings is 1. The van der Waals surface area contributed by atoms with Crippen molar-refractivity contribution in [1.82, 2.24) is 4.98 Å². The summed E-state index contributed by atoms with van der Waals surface area (Å²) in [5, 5.41) is 3.03. The summed E-state index contributed by atoms with van der Waals surface area (Å²) in [7, 11) is 0. The number of alkyl halides is 3. The summed E-state index contributed by atoms with van der Waals surface area (Å²) < 4.78 is 37.9. The Morgan fingerprint density at radius 1 is 1.26 bits per heavy atom. The van der Waals surface area contributed by atoms with Gasteiger partial charge in [0.25, 0.3) is 0 Å². The fourth-order valence-corrected chi connectivity index (χ4v) is 2.77. The van der Waals surface area contributed by atoms with Crippen LogP contribution in [0.1, 0.15) is 23.5 Å². The summed E-state index contributed by atoms with van der Waals surface area (Å²) in [6.07, 6.45) is -2.83. The first kappa shape index (κ1) is 15.8. The van der Waals surface area contributed by atoms with Crippen molar-refractivity contribution in [2.24, 2.45) is 5.92 Å². The normalized spacial score (nSPS) is 20.2. The van der Waals surface area contributed by atoms with Gasteiger partial charge in [-0.25, -0.2) is 4.98 Å². The van der Waals surface area contributed by atoms with E-state index in [0.717, 1.165) is 23.9 Å². The van der Waals surface area contributed by atoms with Crippen molar-refractivity contribution >= 4 is 23.3 Å². The van der Waals surface area contributed by atoms with Gasteiger partial charge in [-0.2, -0.15) is 13.2 Å². The van der Waals surface area contributed by atoms with E-state index in [1.807, 2.05) is 12.1 Å². The highest BCUT2D eigenvalue weighted by Crippen LogP contribution is 2.50. The number of rotatable bonds is 3. The standard InChI is InChI=1S/C16H12ClF3N2O/c17-13-4-2-1-3-10(13)11-8-12(11)15(23)22-14-7-9(5-6-21-14)16(18,19)20/h1-7,11-12H,8H2,(H,21,22,23)/t11-,12+/m0/s1. The third kappa shape index (κ3) is 3.47. The number of anilines is 1. The lowest BCUT2D eigenvalue weighted by atomic mass is 10.1. The molecule has 0 spiro atoms.